The van der Waals surface area contributed by atoms with E-state index in [2.05, 4.69) is 36.3 Å². The Morgan fingerprint density at radius 3 is 2.63 bits per heavy atom. The molecule has 0 spiro atoms. The molecular formula is C28H29N3O4. The summed E-state index contributed by atoms with van der Waals surface area (Å²) in [7, 11) is 0. The molecule has 0 atom stereocenters. The fourth-order valence-electron chi connectivity index (χ4n) is 4.06. The van der Waals surface area contributed by atoms with E-state index in [-0.39, 0.29) is 26.0 Å². The molecule has 0 saturated carbocycles. The molecule has 0 unspecified atom stereocenters. The van der Waals surface area contributed by atoms with Crippen LogP contribution in [0.25, 0.3) is 21.9 Å². The van der Waals surface area contributed by atoms with Crippen LogP contribution in [0.4, 0.5) is 5.69 Å². The number of nitrogens with zero attached hydrogens (tertiary/aromatic N) is 2. The van der Waals surface area contributed by atoms with E-state index >= 15 is 0 Å². The first-order chi connectivity index (χ1) is 16.9. The number of aromatic nitrogens is 2. The second kappa shape index (κ2) is 10.3. The van der Waals surface area contributed by atoms with Gasteiger partial charge in [0, 0.05) is 42.6 Å². The number of carbonyl (C=O) groups is 2. The zero-order valence-corrected chi connectivity index (χ0v) is 19.9. The smallest absolute Gasteiger partial charge is 0.326 e. The van der Waals surface area contributed by atoms with Crippen LogP contribution < -0.4 is 10.9 Å². The summed E-state index contributed by atoms with van der Waals surface area (Å²) in [6, 6.07) is 16.4. The van der Waals surface area contributed by atoms with Gasteiger partial charge in [0.05, 0.1) is 12.3 Å². The highest BCUT2D eigenvalue weighted by Crippen LogP contribution is 2.32. The van der Waals surface area contributed by atoms with E-state index in [0.29, 0.717) is 17.2 Å². The average Bonchev–Trinajstić information content (AvgIpc) is 2.85. The van der Waals surface area contributed by atoms with Gasteiger partial charge in [-0.2, -0.15) is 0 Å². The standard InChI is InChI=1S/C28H27N3O4.H2/c1-4-35-27(33)17-31-16-21(11-12-26(31)32)30-28(34)20-8-5-7-19(13-20)24-14-29-15-25-22(18(2)3)9-6-10-23(24)25;/h5-16,18H,4,17H2,1-3H3,(H,30,34);1H. The predicted molar refractivity (Wildman–Crippen MR) is 139 cm³/mol. The Hall–Kier alpha value is -4.26. The molecule has 35 heavy (non-hydrogen) atoms. The van der Waals surface area contributed by atoms with Crippen molar-refractivity contribution in [3.63, 3.8) is 0 Å². The molecule has 0 saturated heterocycles. The summed E-state index contributed by atoms with van der Waals surface area (Å²) in [4.78, 5) is 41.3. The number of carbonyl (C=O) groups excluding carboxylic acids is 2. The first kappa shape index (κ1) is 23.9. The van der Waals surface area contributed by atoms with Gasteiger partial charge in [-0.15, -0.1) is 0 Å². The van der Waals surface area contributed by atoms with Crippen molar-refractivity contribution in [3.8, 4) is 11.1 Å². The van der Waals surface area contributed by atoms with Gasteiger partial charge in [-0.1, -0.05) is 44.2 Å². The van der Waals surface area contributed by atoms with Crippen LogP contribution in [0.1, 0.15) is 44.0 Å². The number of pyridine rings is 2. The van der Waals surface area contributed by atoms with Gasteiger partial charge in [0.25, 0.3) is 11.5 Å². The summed E-state index contributed by atoms with van der Waals surface area (Å²) >= 11 is 0. The highest BCUT2D eigenvalue weighted by molar-refractivity contribution is 6.06. The number of amides is 1. The van der Waals surface area contributed by atoms with Gasteiger partial charge in [-0.25, -0.2) is 0 Å². The number of esters is 1. The summed E-state index contributed by atoms with van der Waals surface area (Å²) in [6.45, 7) is 6.01. The number of hydrogen-bond donors (Lipinski definition) is 1. The first-order valence-electron chi connectivity index (χ1n) is 11.5. The summed E-state index contributed by atoms with van der Waals surface area (Å²) in [6.07, 6.45) is 5.13. The van der Waals surface area contributed by atoms with Crippen LogP contribution in [-0.4, -0.2) is 28.0 Å². The van der Waals surface area contributed by atoms with E-state index in [1.54, 1.807) is 13.0 Å². The molecule has 0 bridgehead atoms. The maximum atomic E-state index is 13.0. The van der Waals surface area contributed by atoms with Crippen molar-refractivity contribution in [2.45, 2.75) is 33.2 Å². The Kier molecular flexibility index (Phi) is 7.06. The van der Waals surface area contributed by atoms with Crippen molar-refractivity contribution in [2.24, 2.45) is 0 Å². The molecule has 2 aromatic carbocycles. The van der Waals surface area contributed by atoms with Crippen LogP contribution in [0.5, 0.6) is 0 Å². The number of fused-ring (bicyclic) bond motifs is 1. The SMILES string of the molecule is CCOC(=O)Cn1cc(NC(=O)c2cccc(-c3cncc4c(C(C)C)cccc34)c2)ccc1=O.[HH]. The maximum Gasteiger partial charge on any atom is 0.326 e. The highest BCUT2D eigenvalue weighted by Gasteiger charge is 2.13. The van der Waals surface area contributed by atoms with Crippen LogP contribution in [0.2, 0.25) is 0 Å². The van der Waals surface area contributed by atoms with E-state index in [9.17, 15) is 14.4 Å². The number of hydrogen-bond acceptors (Lipinski definition) is 5. The lowest BCUT2D eigenvalue weighted by molar-refractivity contribution is -0.143. The second-order valence-electron chi connectivity index (χ2n) is 8.51. The summed E-state index contributed by atoms with van der Waals surface area (Å²) in [5.74, 6) is -0.487. The number of anilines is 1. The van der Waals surface area contributed by atoms with Gasteiger partial charge in [0.1, 0.15) is 6.54 Å². The van der Waals surface area contributed by atoms with Crippen molar-refractivity contribution in [1.29, 1.82) is 0 Å². The largest absolute Gasteiger partial charge is 0.465 e. The molecule has 7 heteroatoms. The number of nitrogens with one attached hydrogen (secondary N) is 1. The van der Waals surface area contributed by atoms with Crippen LogP contribution in [-0.2, 0) is 16.1 Å². The van der Waals surface area contributed by atoms with Crippen molar-refractivity contribution < 1.29 is 15.8 Å². The average molecular weight is 472 g/mol. The summed E-state index contributed by atoms with van der Waals surface area (Å²) in [5.41, 5.74) is 3.55. The van der Waals surface area contributed by atoms with Crippen LogP contribution >= 0.6 is 0 Å². The first-order valence-corrected chi connectivity index (χ1v) is 11.5. The zero-order valence-electron chi connectivity index (χ0n) is 19.9. The Labute approximate surface area is 204 Å². The fraction of sp³-hybridized carbons (Fsp3) is 0.214. The third-order valence-corrected chi connectivity index (χ3v) is 5.74. The minimum atomic E-state index is -0.518. The maximum absolute atomic E-state index is 13.0. The molecule has 4 rings (SSSR count). The zero-order chi connectivity index (χ0) is 24.9. The normalized spacial score (nSPS) is 11.0. The molecule has 0 fully saturated rings. The molecule has 7 nitrogen and oxygen atoms in total. The molecule has 2 heterocycles. The molecule has 0 aliphatic heterocycles. The van der Waals surface area contributed by atoms with Gasteiger partial charge in [0.2, 0.25) is 0 Å². The van der Waals surface area contributed by atoms with Crippen molar-refractivity contribution in [3.05, 3.63) is 94.7 Å². The van der Waals surface area contributed by atoms with Gasteiger partial charge >= 0.3 is 5.97 Å². The molecular weight excluding hydrogens is 442 g/mol. The molecule has 1 N–H and O–H groups in total. The van der Waals surface area contributed by atoms with Gasteiger partial charge in [-0.3, -0.25) is 19.4 Å². The van der Waals surface area contributed by atoms with Crippen LogP contribution in [0.15, 0.2) is 78.0 Å². The minimum Gasteiger partial charge on any atom is -0.465 e. The molecule has 2 aromatic heterocycles. The van der Waals surface area contributed by atoms with Gasteiger partial charge in [0.15, 0.2) is 0 Å². The monoisotopic (exact) mass is 471 g/mol. The Balaban J connectivity index is 0.00000361. The third kappa shape index (κ3) is 5.30. The van der Waals surface area contributed by atoms with Crippen molar-refractivity contribution in [1.82, 2.24) is 9.55 Å². The van der Waals surface area contributed by atoms with Crippen LogP contribution in [0, 0.1) is 0 Å². The Bertz CT molecular complexity index is 1460. The predicted octanol–water partition coefficient (Wildman–Crippen LogP) is 5.25. The Morgan fingerprint density at radius 2 is 1.86 bits per heavy atom. The second-order valence-corrected chi connectivity index (χ2v) is 8.51. The number of rotatable bonds is 7. The third-order valence-electron chi connectivity index (χ3n) is 5.74. The molecule has 0 aliphatic carbocycles. The molecule has 180 valence electrons. The van der Waals surface area contributed by atoms with E-state index in [4.69, 9.17) is 4.74 Å². The molecule has 1 amide bonds. The minimum absolute atomic E-state index is 0. The van der Waals surface area contributed by atoms with E-state index < -0.39 is 5.97 Å². The lowest BCUT2D eigenvalue weighted by Gasteiger charge is -2.13. The summed E-state index contributed by atoms with van der Waals surface area (Å²) in [5, 5.41) is 4.98. The quantitative estimate of drug-likeness (QED) is 0.372. The molecule has 0 aliphatic rings. The lowest BCUT2D eigenvalue weighted by atomic mass is 9.93. The van der Waals surface area contributed by atoms with E-state index in [1.165, 1.54) is 28.5 Å². The van der Waals surface area contributed by atoms with Gasteiger partial charge in [-0.05, 0) is 47.6 Å². The van der Waals surface area contributed by atoms with Crippen molar-refractivity contribution >= 4 is 28.3 Å². The summed E-state index contributed by atoms with van der Waals surface area (Å²) < 4.78 is 6.11. The topological polar surface area (TPSA) is 90.3 Å². The van der Waals surface area contributed by atoms with Crippen molar-refractivity contribution in [2.75, 3.05) is 11.9 Å². The molecule has 0 radical (unpaired) electrons. The molecule has 4 aromatic rings. The number of ether oxygens (including phenoxy) is 1. The Morgan fingerprint density at radius 1 is 1.06 bits per heavy atom. The highest BCUT2D eigenvalue weighted by atomic mass is 16.5. The van der Waals surface area contributed by atoms with Crippen LogP contribution in [0.3, 0.4) is 0 Å². The lowest BCUT2D eigenvalue weighted by Crippen LogP contribution is -2.25. The fourth-order valence-corrected chi connectivity index (χ4v) is 4.06. The van der Waals surface area contributed by atoms with E-state index in [1.807, 2.05) is 36.7 Å². The van der Waals surface area contributed by atoms with Gasteiger partial charge < -0.3 is 14.6 Å². The number of benzene rings is 2. The van der Waals surface area contributed by atoms with E-state index in [0.717, 1.165) is 21.9 Å².